The van der Waals surface area contributed by atoms with Crippen molar-refractivity contribution in [3.8, 4) is 17.6 Å². The number of amides is 3. The van der Waals surface area contributed by atoms with E-state index in [0.29, 0.717) is 49.6 Å². The monoisotopic (exact) mass is 906 g/mol. The van der Waals surface area contributed by atoms with Gasteiger partial charge in [-0.2, -0.15) is 23.1 Å². The maximum Gasteiger partial charge on any atom is 0.301 e. The van der Waals surface area contributed by atoms with Crippen molar-refractivity contribution < 1.29 is 31.9 Å². The number of fused-ring (bicyclic) bond motifs is 2. The lowest BCUT2D eigenvalue weighted by molar-refractivity contribution is -0.137. The summed E-state index contributed by atoms with van der Waals surface area (Å²) in [6.07, 6.45) is 7.42. The number of piperidine rings is 3. The van der Waals surface area contributed by atoms with Gasteiger partial charge in [0.2, 0.25) is 17.7 Å². The van der Waals surface area contributed by atoms with Crippen LogP contribution in [-0.2, 0) is 31.6 Å². The molecule has 19 heteroatoms. The molecule has 340 valence electrons. The molecule has 3 aliphatic heterocycles. The first-order valence-electron chi connectivity index (χ1n) is 22.1. The van der Waals surface area contributed by atoms with Crippen LogP contribution in [0.25, 0.3) is 21.8 Å². The van der Waals surface area contributed by atoms with Crippen LogP contribution in [0, 0.1) is 22.6 Å². The number of carbonyl (C=O) groups is 3. The van der Waals surface area contributed by atoms with Crippen molar-refractivity contribution in [1.82, 2.24) is 38.8 Å². The average molecular weight is 907 g/mol. The highest BCUT2D eigenvalue weighted by Gasteiger charge is 2.47. The second-order valence-electron chi connectivity index (χ2n) is 18.0. The number of rotatable bonds is 11. The number of carbonyl (C=O) groups excluding carboxylic acids is 3. The van der Waals surface area contributed by atoms with Crippen LogP contribution in [0.4, 0.5) is 10.1 Å². The number of hydrogen-bond acceptors (Lipinski definition) is 11. The molecule has 5 heterocycles. The van der Waals surface area contributed by atoms with Crippen molar-refractivity contribution in [2.24, 2.45) is 12.5 Å². The fourth-order valence-electron chi connectivity index (χ4n) is 10.1. The molecule has 1 aliphatic carbocycles. The van der Waals surface area contributed by atoms with E-state index in [9.17, 15) is 32.9 Å². The average Bonchev–Trinajstić information content (AvgIpc) is 3.61. The van der Waals surface area contributed by atoms with Crippen LogP contribution in [0.5, 0.6) is 11.5 Å². The molecule has 0 bridgehead atoms. The molecule has 1 saturated carbocycles. The van der Waals surface area contributed by atoms with Gasteiger partial charge in [0.1, 0.15) is 17.4 Å². The molecule has 2 N–H and O–H groups in total. The van der Waals surface area contributed by atoms with Crippen molar-refractivity contribution in [2.45, 2.75) is 76.2 Å². The quantitative estimate of drug-likeness (QED) is 0.168. The van der Waals surface area contributed by atoms with Crippen LogP contribution < -0.4 is 20.3 Å². The van der Waals surface area contributed by atoms with Gasteiger partial charge in [-0.15, -0.1) is 0 Å². The summed E-state index contributed by atoms with van der Waals surface area (Å²) < 4.78 is 53.1. The van der Waals surface area contributed by atoms with Gasteiger partial charge in [-0.25, -0.2) is 9.37 Å². The van der Waals surface area contributed by atoms with Gasteiger partial charge in [0.25, 0.3) is 5.56 Å². The number of anilines is 1. The summed E-state index contributed by atoms with van der Waals surface area (Å²) in [5.41, 5.74) is 2.56. The molecule has 3 saturated heterocycles. The van der Waals surface area contributed by atoms with Crippen LogP contribution in [0.3, 0.4) is 0 Å². The lowest BCUT2D eigenvalue weighted by Gasteiger charge is -2.52. The number of imide groups is 1. The van der Waals surface area contributed by atoms with Crippen LogP contribution >= 0.6 is 0 Å². The Balaban J connectivity index is 0.781. The minimum atomic E-state index is -4.01. The van der Waals surface area contributed by atoms with E-state index in [2.05, 4.69) is 38.1 Å². The molecule has 9 rings (SSSR count). The van der Waals surface area contributed by atoms with Gasteiger partial charge >= 0.3 is 10.2 Å². The van der Waals surface area contributed by atoms with Crippen LogP contribution in [-0.4, -0.2) is 106 Å². The molecule has 2 aromatic heterocycles. The number of hydrogen-bond donors (Lipinski definition) is 2. The lowest BCUT2D eigenvalue weighted by Crippen LogP contribution is -2.52. The van der Waals surface area contributed by atoms with Gasteiger partial charge in [0.05, 0.1) is 46.6 Å². The summed E-state index contributed by atoms with van der Waals surface area (Å²) >= 11 is 0. The zero-order valence-electron chi connectivity index (χ0n) is 36.5. The maximum absolute atomic E-state index is 15.1. The number of likely N-dealkylation sites (tertiary alicyclic amines) is 2. The largest absolute Gasteiger partial charge is 0.453 e. The number of nitrogens with zero attached hydrogens (tertiary/aromatic N) is 8. The Bertz CT molecular complexity index is 2940. The highest BCUT2D eigenvalue weighted by atomic mass is 32.2. The number of benzene rings is 3. The van der Waals surface area contributed by atoms with E-state index in [0.717, 1.165) is 79.0 Å². The zero-order chi connectivity index (χ0) is 45.8. The highest BCUT2D eigenvalue weighted by Crippen LogP contribution is 2.54. The molecule has 1 atom stereocenters. The summed E-state index contributed by atoms with van der Waals surface area (Å²) in [6, 6.07) is 14.8. The lowest BCUT2D eigenvalue weighted by atomic mass is 9.60. The minimum Gasteiger partial charge on any atom is -0.453 e. The van der Waals surface area contributed by atoms with Gasteiger partial charge in [-0.05, 0) is 111 Å². The number of nitriles is 1. The van der Waals surface area contributed by atoms with Crippen molar-refractivity contribution in [2.75, 3.05) is 51.0 Å². The molecule has 4 fully saturated rings. The van der Waals surface area contributed by atoms with Crippen molar-refractivity contribution in [3.05, 3.63) is 87.9 Å². The Morgan fingerprint density at radius 3 is 2.49 bits per heavy atom. The van der Waals surface area contributed by atoms with E-state index in [1.165, 1.54) is 24.7 Å². The van der Waals surface area contributed by atoms with Crippen molar-refractivity contribution >= 4 is 55.4 Å². The van der Waals surface area contributed by atoms with Gasteiger partial charge in [-0.3, -0.25) is 43.4 Å². The Labute approximate surface area is 375 Å². The van der Waals surface area contributed by atoms with Crippen LogP contribution in [0.1, 0.15) is 93.0 Å². The Morgan fingerprint density at radius 1 is 1.03 bits per heavy atom. The summed E-state index contributed by atoms with van der Waals surface area (Å²) in [4.78, 5) is 60.5. The van der Waals surface area contributed by atoms with E-state index >= 15 is 4.39 Å². The van der Waals surface area contributed by atoms with E-state index in [1.54, 1.807) is 23.9 Å². The summed E-state index contributed by atoms with van der Waals surface area (Å²) in [5.74, 6) is -1.78. The zero-order valence-corrected chi connectivity index (χ0v) is 37.4. The smallest absolute Gasteiger partial charge is 0.301 e. The van der Waals surface area contributed by atoms with Crippen LogP contribution in [0.2, 0.25) is 0 Å². The normalized spacial score (nSPS) is 19.7. The fourth-order valence-corrected chi connectivity index (χ4v) is 11.0. The highest BCUT2D eigenvalue weighted by molar-refractivity contribution is 7.90. The summed E-state index contributed by atoms with van der Waals surface area (Å²) in [5, 5.41) is 18.2. The molecular formula is C46H51FN10O7S. The molecule has 1 unspecified atom stereocenters. The maximum atomic E-state index is 15.1. The third kappa shape index (κ3) is 8.46. The summed E-state index contributed by atoms with van der Waals surface area (Å²) in [7, 11) is -0.766. The fraction of sp³-hybridized carbons (Fsp3) is 0.457. The molecule has 65 heavy (non-hydrogen) atoms. The molecule has 4 aliphatic rings. The van der Waals surface area contributed by atoms with Gasteiger partial charge in [-0.1, -0.05) is 19.1 Å². The standard InChI is InChI=1S/C46H51FN10O7S/c1-4-53(2)65(62,63)52-38-11-9-36(47)43(35(38)25-48)64-31-6-10-37-34(22-31)45(61)57(27-49-37)30-23-46(24-30)15-19-56(20-16-46)41(59)26-55-17-13-28(14-18-55)29-5-7-32-39(21-29)54(3)51-42(32)33-8-12-40(58)50-44(33)60/h5-7,9-11,21-22,27-28,30,33,52H,4,8,12-20,23-24,26H2,1-3H3,(H,50,58,60). The number of halogens is 1. The Hall–Kier alpha value is -6.23. The van der Waals surface area contributed by atoms with E-state index in [-0.39, 0.29) is 63.7 Å². The first-order chi connectivity index (χ1) is 31.2. The molecular weight excluding hydrogens is 856 g/mol. The molecule has 1 spiro atoms. The number of aryl methyl sites for hydroxylation is 1. The second-order valence-corrected chi connectivity index (χ2v) is 19.7. The molecule has 5 aromatic rings. The van der Waals surface area contributed by atoms with Gasteiger partial charge < -0.3 is 9.64 Å². The van der Waals surface area contributed by atoms with E-state index in [1.807, 2.05) is 22.7 Å². The predicted molar refractivity (Wildman–Crippen MR) is 239 cm³/mol. The first-order valence-corrected chi connectivity index (χ1v) is 23.6. The Kier molecular flexibility index (Phi) is 11.7. The molecule has 0 radical (unpaired) electrons. The third-order valence-electron chi connectivity index (χ3n) is 14.1. The third-order valence-corrected chi connectivity index (χ3v) is 15.6. The Morgan fingerprint density at radius 2 is 1.78 bits per heavy atom. The SMILES string of the molecule is CCN(C)S(=O)(=O)Nc1ccc(F)c(Oc2ccc3ncn(C4CC5(CCN(C(=O)CN6CCC(c7ccc8c(C9CCC(=O)NC9=O)nn(C)c8c7)CC6)CC5)C4)c(=O)c3c2)c1C#N. The van der Waals surface area contributed by atoms with E-state index in [4.69, 9.17) is 9.84 Å². The topological polar surface area (TPSA) is 205 Å². The van der Waals surface area contributed by atoms with Gasteiger partial charge in [0, 0.05) is 51.6 Å². The summed E-state index contributed by atoms with van der Waals surface area (Å²) in [6.45, 7) is 5.16. The molecule has 3 aromatic carbocycles. The molecule has 3 amide bonds. The van der Waals surface area contributed by atoms with Crippen molar-refractivity contribution in [3.63, 3.8) is 0 Å². The minimum absolute atomic E-state index is 0.0282. The number of ether oxygens (including phenoxy) is 1. The number of aromatic nitrogens is 4. The van der Waals surface area contributed by atoms with Gasteiger partial charge in [0.15, 0.2) is 11.6 Å². The first kappa shape index (κ1) is 44.0. The predicted octanol–water partition coefficient (Wildman–Crippen LogP) is 5.04. The van der Waals surface area contributed by atoms with E-state index < -0.39 is 27.7 Å². The van der Waals surface area contributed by atoms with Crippen LogP contribution in [0.15, 0.2) is 59.7 Å². The number of nitrogens with one attached hydrogen (secondary N) is 2. The second kappa shape index (κ2) is 17.3. The van der Waals surface area contributed by atoms with Crippen molar-refractivity contribution in [1.29, 1.82) is 5.26 Å². The molecule has 17 nitrogen and oxygen atoms in total.